The van der Waals surface area contributed by atoms with E-state index in [1.165, 1.54) is 14.2 Å². The van der Waals surface area contributed by atoms with Gasteiger partial charge in [0.05, 0.1) is 43.1 Å². The third-order valence-corrected chi connectivity index (χ3v) is 14.2. The number of methoxy groups -OCH3 is 2. The summed E-state index contributed by atoms with van der Waals surface area (Å²) in [5, 5.41) is 0.0247. The van der Waals surface area contributed by atoms with Crippen molar-refractivity contribution in [3.8, 4) is 34.6 Å². The molecule has 71 heavy (non-hydrogen) atoms. The molecular weight excluding hydrogens is 926 g/mol. The zero-order valence-corrected chi connectivity index (χ0v) is 41.4. The number of carbonyl (C=O) groups is 1. The van der Waals surface area contributed by atoms with E-state index in [-0.39, 0.29) is 72.6 Å². The predicted octanol–water partition coefficient (Wildman–Crippen LogP) is 10.7. The van der Waals surface area contributed by atoms with Gasteiger partial charge in [-0.1, -0.05) is 43.3 Å². The van der Waals surface area contributed by atoms with Crippen LogP contribution in [-0.4, -0.2) is 107 Å². The number of nitrogens with zero attached hydrogens (tertiary/aromatic N) is 7. The first-order chi connectivity index (χ1) is 33.7. The highest BCUT2D eigenvalue weighted by atomic mass is 19.4. The molecule has 0 unspecified atom stereocenters. The Kier molecular flexibility index (Phi) is 13.2. The molecular formula is C53H60F5N7O6. The number of hydrogen-bond donors (Lipinski definition) is 0. The summed E-state index contributed by atoms with van der Waals surface area (Å²) in [6.45, 7) is 16.5. The zero-order valence-electron chi connectivity index (χ0n) is 41.4. The van der Waals surface area contributed by atoms with Gasteiger partial charge < -0.3 is 38.4 Å². The van der Waals surface area contributed by atoms with Crippen LogP contribution in [0, 0.1) is 18.6 Å². The Balaban J connectivity index is 1.23. The molecule has 0 N–H and O–H groups in total. The number of aromatic nitrogens is 3. The molecule has 4 aliphatic rings. The van der Waals surface area contributed by atoms with E-state index in [1.807, 2.05) is 11.8 Å². The van der Waals surface area contributed by atoms with Crippen molar-refractivity contribution in [1.29, 1.82) is 0 Å². The summed E-state index contributed by atoms with van der Waals surface area (Å²) in [5.41, 5.74) is -2.95. The topological polar surface area (TPSA) is 115 Å². The number of piperazine rings is 1. The highest BCUT2D eigenvalue weighted by molar-refractivity contribution is 5.98. The number of alkyl halides is 3. The minimum Gasteiger partial charge on any atom is -0.497 e. The van der Waals surface area contributed by atoms with Crippen molar-refractivity contribution in [2.24, 2.45) is 0 Å². The lowest BCUT2D eigenvalue weighted by Gasteiger charge is -2.48. The number of fused-ring (bicyclic) bond motifs is 3. The third-order valence-electron chi connectivity index (χ3n) is 14.2. The fraction of sp³-hybridized carbons (Fsp3) is 0.472. The lowest BCUT2D eigenvalue weighted by Crippen LogP contribution is -2.65. The quantitative estimate of drug-likeness (QED) is 0.0876. The molecule has 13 nitrogen and oxygen atoms in total. The van der Waals surface area contributed by atoms with Crippen LogP contribution in [0.5, 0.6) is 23.4 Å². The van der Waals surface area contributed by atoms with E-state index in [1.54, 1.807) is 86.0 Å². The molecule has 9 rings (SSSR count). The number of anilines is 2. The Morgan fingerprint density at radius 3 is 2.17 bits per heavy atom. The van der Waals surface area contributed by atoms with E-state index in [0.717, 1.165) is 44.5 Å². The lowest BCUT2D eigenvalue weighted by molar-refractivity contribution is -0.137. The highest BCUT2D eigenvalue weighted by Gasteiger charge is 2.49. The molecule has 378 valence electrons. The van der Waals surface area contributed by atoms with E-state index in [9.17, 15) is 4.79 Å². The van der Waals surface area contributed by atoms with Crippen LogP contribution < -0.4 is 28.7 Å². The summed E-state index contributed by atoms with van der Waals surface area (Å²) in [6, 6.07) is 13.7. The van der Waals surface area contributed by atoms with Gasteiger partial charge in [-0.25, -0.2) is 18.6 Å². The van der Waals surface area contributed by atoms with Crippen LogP contribution in [0.1, 0.15) is 82.6 Å². The van der Waals surface area contributed by atoms with Gasteiger partial charge >= 0.3 is 18.3 Å². The summed E-state index contributed by atoms with van der Waals surface area (Å²) in [6.07, 6.45) is -3.57. The average Bonchev–Trinajstić information content (AvgIpc) is 3.82. The Morgan fingerprint density at radius 1 is 0.930 bits per heavy atom. The summed E-state index contributed by atoms with van der Waals surface area (Å²) < 4.78 is 112. The maximum atomic E-state index is 18.1. The Hall–Kier alpha value is -6.43. The summed E-state index contributed by atoms with van der Waals surface area (Å²) in [5.74, 6) is -1.22. The molecule has 3 fully saturated rings. The first-order valence-electron chi connectivity index (χ1n) is 24.0. The van der Waals surface area contributed by atoms with Crippen LogP contribution >= 0.6 is 0 Å². The Morgan fingerprint density at radius 2 is 1.58 bits per heavy atom. The molecule has 0 spiro atoms. The van der Waals surface area contributed by atoms with E-state index < -0.39 is 70.1 Å². The number of carbonyl (C=O) groups excluding carboxylic acids is 1. The molecule has 6 heterocycles. The molecule has 2 aromatic heterocycles. The van der Waals surface area contributed by atoms with Crippen LogP contribution in [0.3, 0.4) is 0 Å². The van der Waals surface area contributed by atoms with Crippen molar-refractivity contribution in [3.63, 3.8) is 0 Å². The van der Waals surface area contributed by atoms with Gasteiger partial charge in [-0.15, -0.1) is 0 Å². The zero-order chi connectivity index (χ0) is 50.7. The fourth-order valence-corrected chi connectivity index (χ4v) is 11.0. The van der Waals surface area contributed by atoms with Crippen molar-refractivity contribution in [2.75, 3.05) is 56.8 Å². The third kappa shape index (κ3) is 9.46. The molecule has 0 bridgehead atoms. The van der Waals surface area contributed by atoms with Crippen LogP contribution in [0.25, 0.3) is 22.2 Å². The van der Waals surface area contributed by atoms with Crippen LogP contribution in [0.4, 0.5) is 38.3 Å². The van der Waals surface area contributed by atoms with E-state index in [2.05, 4.69) is 21.4 Å². The van der Waals surface area contributed by atoms with E-state index in [0.29, 0.717) is 35.5 Å². The van der Waals surface area contributed by atoms with Crippen molar-refractivity contribution >= 4 is 28.5 Å². The number of rotatable bonds is 12. The number of benzene rings is 3. The lowest BCUT2D eigenvalue weighted by atomic mass is 9.94. The summed E-state index contributed by atoms with van der Waals surface area (Å²) >= 11 is 0. The smallest absolute Gasteiger partial charge is 0.417 e. The summed E-state index contributed by atoms with van der Waals surface area (Å²) in [7, 11) is 3.05. The van der Waals surface area contributed by atoms with Gasteiger partial charge in [0.1, 0.15) is 58.0 Å². The largest absolute Gasteiger partial charge is 0.497 e. The second-order valence-electron chi connectivity index (χ2n) is 20.1. The molecule has 3 aromatic carbocycles. The normalized spacial score (nSPS) is 21.1. The second kappa shape index (κ2) is 19.0. The molecule has 0 radical (unpaired) electrons. The standard InChI is InChI=1S/C53H60F5N7O6/c1-10-38-46-32(4)70-48-40-45(60-49(69-29-52-20-11-21-63(52)26-30(2)25-52)61-47(40)65(46)23-22-64(38)50(66)71-51(5,6)7)43(55)44(59-48)37-24-39(42(54)31(3)41(37)53(56,57)58)62(27-33-12-16-35(67-8)17-13-33)28-34-14-18-36(68-9)19-15-34/h12-19,24,32,38,46H,2,10-11,20-23,25-29H2,1,3-9H3/t32-,38-,46+,52-/m0/s1. The maximum Gasteiger partial charge on any atom is 0.417 e. The van der Waals surface area contributed by atoms with E-state index >= 15 is 22.0 Å². The Labute approximate surface area is 410 Å². The molecule has 4 atom stereocenters. The molecule has 0 aliphatic carbocycles. The van der Waals surface area contributed by atoms with Gasteiger partial charge in [0.15, 0.2) is 5.82 Å². The van der Waals surface area contributed by atoms with Gasteiger partial charge in [0.2, 0.25) is 5.88 Å². The Bertz CT molecular complexity index is 2790. The fourth-order valence-electron chi connectivity index (χ4n) is 11.0. The van der Waals surface area contributed by atoms with Gasteiger partial charge in [-0.05, 0) is 114 Å². The number of amides is 1. The van der Waals surface area contributed by atoms with Gasteiger partial charge in [0, 0.05) is 38.3 Å². The number of pyridine rings is 1. The van der Waals surface area contributed by atoms with Crippen molar-refractivity contribution < 1.29 is 50.4 Å². The van der Waals surface area contributed by atoms with Gasteiger partial charge in [0.25, 0.3) is 0 Å². The molecule has 5 aromatic rings. The minimum absolute atomic E-state index is 0.0247. The van der Waals surface area contributed by atoms with Crippen molar-refractivity contribution in [1.82, 2.24) is 24.8 Å². The molecule has 3 saturated heterocycles. The number of ether oxygens (including phenoxy) is 5. The van der Waals surface area contributed by atoms with Crippen LogP contribution in [-0.2, 0) is 24.0 Å². The second-order valence-corrected chi connectivity index (χ2v) is 20.1. The monoisotopic (exact) mass is 985 g/mol. The first kappa shape index (κ1) is 49.5. The predicted molar refractivity (Wildman–Crippen MR) is 259 cm³/mol. The molecule has 4 aliphatic heterocycles. The van der Waals surface area contributed by atoms with Crippen LogP contribution in [0.15, 0.2) is 66.7 Å². The van der Waals surface area contributed by atoms with Crippen molar-refractivity contribution in [2.45, 2.75) is 116 Å². The van der Waals surface area contributed by atoms with Crippen molar-refractivity contribution in [3.05, 3.63) is 101 Å². The molecule has 18 heteroatoms. The van der Waals surface area contributed by atoms with Gasteiger partial charge in [-0.2, -0.15) is 23.1 Å². The van der Waals surface area contributed by atoms with Crippen LogP contribution in [0.2, 0.25) is 0 Å². The maximum absolute atomic E-state index is 18.1. The molecule has 1 amide bonds. The van der Waals surface area contributed by atoms with E-state index in [4.69, 9.17) is 28.7 Å². The number of hydrogen-bond acceptors (Lipinski definition) is 12. The highest BCUT2D eigenvalue weighted by Crippen LogP contribution is 2.49. The number of halogens is 5. The van der Waals surface area contributed by atoms with Gasteiger partial charge in [-0.3, -0.25) is 4.90 Å². The SMILES string of the molecule is C=C1CN2CCC[C@@]2(COc2nc3c4c(nc(-c5cc(N(Cc6ccc(OC)cc6)Cc6ccc(OC)cc6)c(F)c(C)c5C(F)(F)F)c(F)c4n2)O[C@@H](C)[C@@H]2[C@H](CC)N(C(=O)OC(C)(C)C)CCN32)C1. The minimum atomic E-state index is -5.18. The molecule has 0 saturated carbocycles. The first-order valence-corrected chi connectivity index (χ1v) is 24.0. The summed E-state index contributed by atoms with van der Waals surface area (Å²) in [4.78, 5) is 35.5. The average molecular weight is 986 g/mol.